The molecule has 1 saturated heterocycles. The molecule has 4 nitrogen and oxygen atoms in total. The van der Waals surface area contributed by atoms with Crippen LogP contribution >= 0.6 is 0 Å². The van der Waals surface area contributed by atoms with Crippen molar-refractivity contribution in [3.8, 4) is 0 Å². The van der Waals surface area contributed by atoms with Gasteiger partial charge in [-0.05, 0) is 42.7 Å². The minimum absolute atomic E-state index is 0.0575. The number of rotatable bonds is 5. The molecule has 1 unspecified atom stereocenters. The van der Waals surface area contributed by atoms with E-state index in [2.05, 4.69) is 77.6 Å². The fourth-order valence-electron chi connectivity index (χ4n) is 5.10. The molecule has 0 aliphatic carbocycles. The van der Waals surface area contributed by atoms with Crippen molar-refractivity contribution in [3.63, 3.8) is 0 Å². The highest BCUT2D eigenvalue weighted by atomic mass is 16.3. The number of anilines is 2. The minimum atomic E-state index is 0.0575. The van der Waals surface area contributed by atoms with Crippen LogP contribution in [-0.4, -0.2) is 48.8 Å². The summed E-state index contributed by atoms with van der Waals surface area (Å²) in [5.74, 6) is 0. The Morgan fingerprint density at radius 1 is 1.14 bits per heavy atom. The van der Waals surface area contributed by atoms with Gasteiger partial charge in [0.1, 0.15) is 0 Å². The zero-order valence-electron chi connectivity index (χ0n) is 17.6. The number of para-hydroxylation sites is 1. The van der Waals surface area contributed by atoms with Crippen LogP contribution in [0.25, 0.3) is 5.70 Å². The first kappa shape index (κ1) is 18.6. The van der Waals surface area contributed by atoms with Crippen LogP contribution in [0.4, 0.5) is 11.4 Å². The summed E-state index contributed by atoms with van der Waals surface area (Å²) in [6, 6.07) is 16.0. The fourth-order valence-corrected chi connectivity index (χ4v) is 5.10. The van der Waals surface area contributed by atoms with Crippen molar-refractivity contribution in [2.24, 2.45) is 5.41 Å². The van der Waals surface area contributed by atoms with Crippen LogP contribution in [0.2, 0.25) is 0 Å². The van der Waals surface area contributed by atoms with Gasteiger partial charge < -0.3 is 19.8 Å². The van der Waals surface area contributed by atoms with Gasteiger partial charge in [0.2, 0.25) is 0 Å². The summed E-state index contributed by atoms with van der Waals surface area (Å²) >= 11 is 0. The third-order valence-electron chi connectivity index (χ3n) is 6.98. The van der Waals surface area contributed by atoms with Crippen LogP contribution in [0.1, 0.15) is 30.5 Å². The van der Waals surface area contributed by atoms with Crippen molar-refractivity contribution in [3.05, 3.63) is 65.7 Å². The Balaban J connectivity index is 1.26. The molecule has 0 amide bonds. The maximum absolute atomic E-state index is 9.51. The van der Waals surface area contributed by atoms with Gasteiger partial charge in [-0.3, -0.25) is 0 Å². The van der Waals surface area contributed by atoms with Gasteiger partial charge in [-0.25, -0.2) is 0 Å². The molecule has 152 valence electrons. The maximum Gasteiger partial charge on any atom is 0.0518 e. The predicted molar refractivity (Wildman–Crippen MR) is 120 cm³/mol. The van der Waals surface area contributed by atoms with Gasteiger partial charge in [-0.1, -0.05) is 37.8 Å². The van der Waals surface area contributed by atoms with E-state index in [0.717, 1.165) is 44.8 Å². The summed E-state index contributed by atoms with van der Waals surface area (Å²) in [6.45, 7) is 14.1. The van der Waals surface area contributed by atoms with Gasteiger partial charge in [0.15, 0.2) is 0 Å². The van der Waals surface area contributed by atoms with E-state index in [9.17, 15) is 5.11 Å². The largest absolute Gasteiger partial charge is 0.396 e. The molecule has 2 aromatic rings. The predicted octanol–water partition coefficient (Wildman–Crippen LogP) is 3.74. The van der Waals surface area contributed by atoms with Crippen molar-refractivity contribution in [1.29, 1.82) is 0 Å². The summed E-state index contributed by atoms with van der Waals surface area (Å²) in [4.78, 5) is 7.33. The number of fused-ring (bicyclic) bond motifs is 2. The molecule has 3 heterocycles. The minimum Gasteiger partial charge on any atom is -0.396 e. The highest BCUT2D eigenvalue weighted by molar-refractivity contribution is 5.70. The van der Waals surface area contributed by atoms with Gasteiger partial charge in [0.25, 0.3) is 0 Å². The quantitative estimate of drug-likeness (QED) is 0.844. The molecule has 2 aromatic carbocycles. The van der Waals surface area contributed by atoms with Gasteiger partial charge >= 0.3 is 0 Å². The lowest BCUT2D eigenvalue weighted by molar-refractivity contribution is 0.111. The summed E-state index contributed by atoms with van der Waals surface area (Å²) in [5.41, 5.74) is 8.03. The molecule has 1 atom stereocenters. The molecule has 0 aromatic heterocycles. The Hall–Kier alpha value is -2.46. The number of aliphatic hydroxyl groups excluding tert-OH is 1. The summed E-state index contributed by atoms with van der Waals surface area (Å²) in [6.07, 6.45) is 1.07. The number of benzene rings is 2. The van der Waals surface area contributed by atoms with Crippen molar-refractivity contribution >= 4 is 17.1 Å². The molecule has 1 fully saturated rings. The van der Waals surface area contributed by atoms with E-state index in [0.29, 0.717) is 6.04 Å². The zero-order valence-corrected chi connectivity index (χ0v) is 17.6. The normalized spacial score (nSPS) is 20.5. The van der Waals surface area contributed by atoms with Crippen LogP contribution < -0.4 is 9.80 Å². The van der Waals surface area contributed by atoms with Gasteiger partial charge in [-0.15, -0.1) is 0 Å². The van der Waals surface area contributed by atoms with Crippen molar-refractivity contribution in [2.45, 2.75) is 32.9 Å². The van der Waals surface area contributed by atoms with Crippen LogP contribution in [0, 0.1) is 5.41 Å². The molecule has 0 bridgehead atoms. The third-order valence-corrected chi connectivity index (χ3v) is 6.98. The molecular weight excluding hydrogens is 358 g/mol. The third kappa shape index (κ3) is 3.10. The van der Waals surface area contributed by atoms with Crippen molar-refractivity contribution in [2.75, 3.05) is 42.6 Å². The molecular formula is C25H31N3O. The van der Waals surface area contributed by atoms with Gasteiger partial charge in [-0.2, -0.15) is 0 Å². The second-order valence-electron chi connectivity index (χ2n) is 9.41. The van der Waals surface area contributed by atoms with E-state index in [1.54, 1.807) is 0 Å². The highest BCUT2D eigenvalue weighted by Crippen LogP contribution is 2.38. The first-order valence-electron chi connectivity index (χ1n) is 10.7. The first-order chi connectivity index (χ1) is 14.0. The van der Waals surface area contributed by atoms with Crippen molar-refractivity contribution < 1.29 is 5.11 Å². The van der Waals surface area contributed by atoms with Crippen LogP contribution in [0.3, 0.4) is 0 Å². The fraction of sp³-hybridized carbons (Fsp3) is 0.440. The van der Waals surface area contributed by atoms with Crippen molar-refractivity contribution in [1.82, 2.24) is 4.90 Å². The summed E-state index contributed by atoms with van der Waals surface area (Å²) < 4.78 is 0. The molecule has 3 aliphatic rings. The first-order valence-corrected chi connectivity index (χ1v) is 10.7. The van der Waals surface area contributed by atoms with Gasteiger partial charge in [0.05, 0.1) is 6.61 Å². The molecule has 5 rings (SSSR count). The molecule has 29 heavy (non-hydrogen) atoms. The van der Waals surface area contributed by atoms with E-state index in [4.69, 9.17) is 0 Å². The summed E-state index contributed by atoms with van der Waals surface area (Å²) in [7, 11) is 0. The summed E-state index contributed by atoms with van der Waals surface area (Å²) in [5, 5.41) is 9.51. The molecule has 0 radical (unpaired) electrons. The average molecular weight is 390 g/mol. The number of hydrogen-bond donors (Lipinski definition) is 1. The standard InChI is InChI=1S/C25H31N3O/c1-18(28-14-21-6-4-5-7-24(21)28)13-26-11-10-20-12-22(8-9-23(20)19(26)2)27-15-25(3,16-27)17-29/h4-9,12,18,29H,2,10-11,13-17H2,1,3H3. The maximum atomic E-state index is 9.51. The molecule has 0 saturated carbocycles. The van der Waals surface area contributed by atoms with Gasteiger partial charge in [0, 0.05) is 66.8 Å². The van der Waals surface area contributed by atoms with E-state index in [1.165, 1.54) is 28.1 Å². The molecule has 0 spiro atoms. The van der Waals surface area contributed by atoms with E-state index < -0.39 is 0 Å². The Kier molecular flexibility index (Phi) is 4.36. The second-order valence-corrected chi connectivity index (χ2v) is 9.41. The lowest BCUT2D eigenvalue weighted by Gasteiger charge is -2.49. The molecule has 3 aliphatic heterocycles. The number of aliphatic hydroxyl groups is 1. The lowest BCUT2D eigenvalue weighted by Crippen LogP contribution is -2.56. The topological polar surface area (TPSA) is 30.0 Å². The van der Waals surface area contributed by atoms with Crippen LogP contribution in [0.15, 0.2) is 49.0 Å². The monoisotopic (exact) mass is 389 g/mol. The highest BCUT2D eigenvalue weighted by Gasteiger charge is 2.38. The Morgan fingerprint density at radius 3 is 2.69 bits per heavy atom. The smallest absolute Gasteiger partial charge is 0.0518 e. The lowest BCUT2D eigenvalue weighted by atomic mass is 9.82. The van der Waals surface area contributed by atoms with Crippen LogP contribution in [0.5, 0.6) is 0 Å². The zero-order chi connectivity index (χ0) is 20.2. The second kappa shape index (κ2) is 6.81. The molecule has 4 heteroatoms. The Morgan fingerprint density at radius 2 is 1.93 bits per heavy atom. The molecule has 1 N–H and O–H groups in total. The van der Waals surface area contributed by atoms with E-state index in [-0.39, 0.29) is 12.0 Å². The van der Waals surface area contributed by atoms with Crippen LogP contribution in [-0.2, 0) is 13.0 Å². The van der Waals surface area contributed by atoms with E-state index >= 15 is 0 Å². The van der Waals surface area contributed by atoms with E-state index in [1.807, 2.05) is 0 Å². The number of hydrogen-bond acceptors (Lipinski definition) is 4. The average Bonchev–Trinajstić information content (AvgIpc) is 2.68. The Labute approximate surface area is 174 Å². The number of nitrogens with zero attached hydrogens (tertiary/aromatic N) is 3. The Bertz CT molecular complexity index is 947. The SMILES string of the molecule is C=C1c2ccc(N3CC(C)(CO)C3)cc2CCN1CC(C)N1Cc2ccccc21.